The first-order valence-electron chi connectivity index (χ1n) is 11.0. The quantitative estimate of drug-likeness (QED) is 0.0389. The first-order chi connectivity index (χ1) is 14.3. The summed E-state index contributed by atoms with van der Waals surface area (Å²) in [7, 11) is 0. The van der Waals surface area contributed by atoms with Crippen LogP contribution in [0.1, 0.15) is 65.7 Å². The number of carbonyl (C=O) groups is 1. The van der Waals surface area contributed by atoms with E-state index in [1.807, 2.05) is 0 Å². The molecule has 1 unspecified atom stereocenters. The van der Waals surface area contributed by atoms with E-state index in [-0.39, 0.29) is 6.61 Å². The number of rotatable bonds is 20. The van der Waals surface area contributed by atoms with Gasteiger partial charge >= 0.3 is 5.97 Å². The van der Waals surface area contributed by atoms with Gasteiger partial charge in [0.1, 0.15) is 5.73 Å². The highest BCUT2D eigenvalue weighted by atomic mass is 35.7. The van der Waals surface area contributed by atoms with E-state index in [9.17, 15) is 4.79 Å². The zero-order valence-electron chi connectivity index (χ0n) is 18.9. The summed E-state index contributed by atoms with van der Waals surface area (Å²) < 4.78 is 23.7. The van der Waals surface area contributed by atoms with Gasteiger partial charge in [0, 0.05) is 12.7 Å². The number of hydrogen-bond acceptors (Lipinski definition) is 5. The first kappa shape index (κ1) is 29.6. The van der Waals surface area contributed by atoms with Crippen molar-refractivity contribution in [1.29, 1.82) is 0 Å². The second kappa shape index (κ2) is 17.2. The number of halogens is 2. The van der Waals surface area contributed by atoms with Crippen LogP contribution in [0.2, 0.25) is 6.04 Å². The van der Waals surface area contributed by atoms with Gasteiger partial charge in [0.15, 0.2) is 0 Å². The molecular formula is C22H40Cl2O5Si. The second-order valence-electron chi connectivity index (χ2n) is 7.17. The van der Waals surface area contributed by atoms with Gasteiger partial charge in [-0.15, -0.1) is 22.2 Å². The summed E-state index contributed by atoms with van der Waals surface area (Å²) in [6.45, 7) is 12.3. The third kappa shape index (κ3) is 11.3. The van der Waals surface area contributed by atoms with Crippen LogP contribution < -0.4 is 0 Å². The molecule has 0 radical (unpaired) electrons. The molecule has 0 aromatic carbocycles. The highest BCUT2D eigenvalue weighted by molar-refractivity contribution is 7.46. The van der Waals surface area contributed by atoms with Crippen molar-refractivity contribution in [1.82, 2.24) is 0 Å². The van der Waals surface area contributed by atoms with Crippen molar-refractivity contribution >= 4 is 34.8 Å². The third-order valence-corrected chi connectivity index (χ3v) is 9.21. The summed E-state index contributed by atoms with van der Waals surface area (Å²) >= 11 is 13.9. The van der Waals surface area contributed by atoms with Gasteiger partial charge in [0.05, 0.1) is 19.8 Å². The Morgan fingerprint density at radius 2 is 1.47 bits per heavy atom. The van der Waals surface area contributed by atoms with Gasteiger partial charge in [-0.2, -0.15) is 0 Å². The van der Waals surface area contributed by atoms with E-state index >= 15 is 0 Å². The number of unbranched alkanes of at least 4 members (excludes halogenated alkanes) is 3. The topological polar surface area (TPSA) is 54.0 Å². The fraction of sp³-hybridized carbons (Fsp3) is 0.773. The van der Waals surface area contributed by atoms with Gasteiger partial charge in [-0.1, -0.05) is 53.2 Å². The van der Waals surface area contributed by atoms with E-state index in [4.69, 9.17) is 41.1 Å². The van der Waals surface area contributed by atoms with Crippen molar-refractivity contribution in [3.63, 3.8) is 0 Å². The smallest absolute Gasteiger partial charge is 0.330 e. The van der Waals surface area contributed by atoms with E-state index in [1.165, 1.54) is 0 Å². The normalized spacial score (nSPS) is 13.1. The standard InChI is InChI=1S/C22H40Cl2O5Si/c1-6-11-15-27-21(30(23,24)19-14-16-26-20(25)9-4)22(10-5,28-17-12-7-2)29-18-13-8-3/h9-10,21H,4-8,11-19H2,1-3H3. The average molecular weight is 484 g/mol. The van der Waals surface area contributed by atoms with Gasteiger partial charge in [-0.25, -0.2) is 4.79 Å². The van der Waals surface area contributed by atoms with Gasteiger partial charge in [0.2, 0.25) is 5.79 Å². The Hall–Kier alpha value is -0.373. The van der Waals surface area contributed by atoms with Crippen LogP contribution in [-0.4, -0.2) is 50.6 Å². The van der Waals surface area contributed by atoms with Crippen molar-refractivity contribution in [2.24, 2.45) is 0 Å². The minimum Gasteiger partial charge on any atom is -0.463 e. The minimum absolute atomic E-state index is 0.217. The molecule has 0 amide bonds. The molecular weight excluding hydrogens is 443 g/mol. The van der Waals surface area contributed by atoms with Crippen molar-refractivity contribution in [3.8, 4) is 0 Å². The Labute approximate surface area is 193 Å². The molecule has 0 N–H and O–H groups in total. The van der Waals surface area contributed by atoms with Gasteiger partial charge in [-0.3, -0.25) is 0 Å². The van der Waals surface area contributed by atoms with Crippen LogP contribution in [0.4, 0.5) is 0 Å². The molecule has 0 heterocycles. The first-order valence-corrected chi connectivity index (χ1v) is 15.3. The second-order valence-corrected chi connectivity index (χ2v) is 14.3. The Kier molecular flexibility index (Phi) is 17.0. The van der Waals surface area contributed by atoms with Crippen LogP contribution in [0.5, 0.6) is 0 Å². The highest BCUT2D eigenvalue weighted by Crippen LogP contribution is 2.38. The molecule has 5 nitrogen and oxygen atoms in total. The summed E-state index contributed by atoms with van der Waals surface area (Å²) in [6.07, 6.45) is 8.89. The van der Waals surface area contributed by atoms with Crippen molar-refractivity contribution in [3.05, 3.63) is 25.3 Å². The molecule has 176 valence electrons. The van der Waals surface area contributed by atoms with Crippen LogP contribution in [0.25, 0.3) is 0 Å². The number of esters is 1. The molecule has 8 heteroatoms. The van der Waals surface area contributed by atoms with Gasteiger partial charge in [-0.05, 0) is 37.8 Å². The zero-order valence-corrected chi connectivity index (χ0v) is 21.4. The predicted molar refractivity (Wildman–Crippen MR) is 127 cm³/mol. The summed E-state index contributed by atoms with van der Waals surface area (Å²) in [4.78, 5) is 11.3. The Morgan fingerprint density at radius 3 is 1.93 bits per heavy atom. The number of hydrogen-bond donors (Lipinski definition) is 0. The maximum atomic E-state index is 11.3. The van der Waals surface area contributed by atoms with Crippen LogP contribution in [0, 0.1) is 0 Å². The lowest BCUT2D eigenvalue weighted by Gasteiger charge is -2.42. The van der Waals surface area contributed by atoms with E-state index in [0.717, 1.165) is 44.6 Å². The highest BCUT2D eigenvalue weighted by Gasteiger charge is 2.53. The largest absolute Gasteiger partial charge is 0.463 e. The van der Waals surface area contributed by atoms with Crippen LogP contribution in [0.3, 0.4) is 0 Å². The Morgan fingerprint density at radius 1 is 0.933 bits per heavy atom. The monoisotopic (exact) mass is 482 g/mol. The van der Waals surface area contributed by atoms with E-state index < -0.39 is 24.2 Å². The van der Waals surface area contributed by atoms with E-state index in [1.54, 1.807) is 6.08 Å². The molecule has 30 heavy (non-hydrogen) atoms. The molecule has 0 aromatic heterocycles. The molecule has 0 rings (SSSR count). The molecule has 0 aliphatic heterocycles. The summed E-state index contributed by atoms with van der Waals surface area (Å²) in [5.41, 5.74) is -0.652. The van der Waals surface area contributed by atoms with Crippen molar-refractivity contribution in [2.75, 3.05) is 26.4 Å². The lowest BCUT2D eigenvalue weighted by molar-refractivity contribution is -0.245. The van der Waals surface area contributed by atoms with Crippen molar-refractivity contribution < 1.29 is 23.7 Å². The number of carbonyl (C=O) groups excluding carboxylic acids is 1. The van der Waals surface area contributed by atoms with Crippen LogP contribution in [-0.2, 0) is 23.7 Å². The summed E-state index contributed by atoms with van der Waals surface area (Å²) in [5, 5.41) is 0. The Bertz CT molecular complexity index is 478. The minimum atomic E-state index is -3.06. The summed E-state index contributed by atoms with van der Waals surface area (Å²) in [6, 6.07) is 0.460. The maximum Gasteiger partial charge on any atom is 0.330 e. The average Bonchev–Trinajstić information content (AvgIpc) is 2.73. The van der Waals surface area contributed by atoms with Crippen LogP contribution in [0.15, 0.2) is 25.3 Å². The van der Waals surface area contributed by atoms with Crippen LogP contribution >= 0.6 is 22.2 Å². The lowest BCUT2D eigenvalue weighted by Crippen LogP contribution is -2.58. The molecule has 0 fully saturated rings. The Balaban J connectivity index is 5.53. The van der Waals surface area contributed by atoms with E-state index in [0.29, 0.717) is 32.3 Å². The molecule has 0 saturated heterocycles. The molecule has 0 aromatic rings. The molecule has 0 spiro atoms. The van der Waals surface area contributed by atoms with Gasteiger partial charge in [0.25, 0.3) is 6.69 Å². The molecule has 0 aliphatic carbocycles. The maximum absolute atomic E-state index is 11.3. The SMILES string of the molecule is C=CC(=O)OCCC[Si](Cl)(Cl)C(OCCCC)C(C=C)(OCCCC)OCCCC. The fourth-order valence-corrected chi connectivity index (χ4v) is 6.92. The fourth-order valence-electron chi connectivity index (χ4n) is 2.72. The van der Waals surface area contributed by atoms with E-state index in [2.05, 4.69) is 33.9 Å². The predicted octanol–water partition coefficient (Wildman–Crippen LogP) is 6.27. The molecule has 1 atom stereocenters. The lowest BCUT2D eigenvalue weighted by atomic mass is 10.2. The number of ether oxygens (including phenoxy) is 4. The van der Waals surface area contributed by atoms with Gasteiger partial charge < -0.3 is 18.9 Å². The third-order valence-electron chi connectivity index (χ3n) is 4.53. The molecule has 0 bridgehead atoms. The molecule has 0 saturated carbocycles. The van der Waals surface area contributed by atoms with Crippen molar-refractivity contribution in [2.45, 2.75) is 83.3 Å². The summed E-state index contributed by atoms with van der Waals surface area (Å²) in [5.74, 6) is -1.67. The molecule has 0 aliphatic rings. The zero-order chi connectivity index (χ0) is 22.9.